The number of methoxy groups -OCH3 is 1. The van der Waals surface area contributed by atoms with Gasteiger partial charge in [-0.3, -0.25) is 9.59 Å². The molecule has 0 aliphatic carbocycles. The van der Waals surface area contributed by atoms with Gasteiger partial charge in [-0.2, -0.15) is 0 Å². The van der Waals surface area contributed by atoms with Gasteiger partial charge in [-0.15, -0.1) is 11.3 Å². The van der Waals surface area contributed by atoms with E-state index in [1.807, 2.05) is 17.5 Å². The van der Waals surface area contributed by atoms with Gasteiger partial charge < -0.3 is 15.2 Å². The summed E-state index contributed by atoms with van der Waals surface area (Å²) in [5.41, 5.74) is -1.08. The Balaban J connectivity index is 1.85. The molecule has 3 heterocycles. The predicted molar refractivity (Wildman–Crippen MR) is 96.7 cm³/mol. The Morgan fingerprint density at radius 2 is 1.96 bits per heavy atom. The standard InChI is InChI=1S/C19H18N2O5S/c1-26-18(25)19(10-22)14-13(15(20-19)12-8-5-9-27-12)16(23)21(17(14)24)11-6-3-2-4-7-11/h2-9,13-15,20,22H,10H2,1H3/p+1/t13-,14+,15-,19-/m0/s1. The molecule has 2 saturated heterocycles. The number of hydrogen-bond acceptors (Lipinski definition) is 6. The van der Waals surface area contributed by atoms with Crippen molar-refractivity contribution in [1.82, 2.24) is 0 Å². The molecular weight excluding hydrogens is 368 g/mol. The minimum atomic E-state index is -1.54. The number of imide groups is 1. The lowest BCUT2D eigenvalue weighted by atomic mass is 9.80. The van der Waals surface area contributed by atoms with Crippen LogP contribution in [0.25, 0.3) is 0 Å². The molecular formula is C19H19N2O5S+. The second-order valence-electron chi connectivity index (χ2n) is 6.75. The lowest BCUT2D eigenvalue weighted by Gasteiger charge is -2.27. The number of hydrogen-bond donors (Lipinski definition) is 2. The Hall–Kier alpha value is -2.55. The predicted octanol–water partition coefficient (Wildman–Crippen LogP) is 0.0761. The zero-order valence-electron chi connectivity index (χ0n) is 14.6. The van der Waals surface area contributed by atoms with Gasteiger partial charge in [0.25, 0.3) is 0 Å². The zero-order valence-corrected chi connectivity index (χ0v) is 15.4. The van der Waals surface area contributed by atoms with E-state index in [4.69, 9.17) is 4.74 Å². The second-order valence-corrected chi connectivity index (χ2v) is 7.73. The number of thiophene rings is 1. The van der Waals surface area contributed by atoms with Crippen LogP contribution in [0, 0.1) is 11.8 Å². The summed E-state index contributed by atoms with van der Waals surface area (Å²) in [5.74, 6) is -3.27. The third-order valence-electron chi connectivity index (χ3n) is 5.48. The van der Waals surface area contributed by atoms with Gasteiger partial charge in [0.15, 0.2) is 0 Å². The van der Waals surface area contributed by atoms with Gasteiger partial charge in [0.1, 0.15) is 24.5 Å². The first-order valence-corrected chi connectivity index (χ1v) is 9.44. The third-order valence-corrected chi connectivity index (χ3v) is 6.46. The molecule has 1 aromatic carbocycles. The van der Waals surface area contributed by atoms with E-state index >= 15 is 0 Å². The lowest BCUT2D eigenvalue weighted by Crippen LogP contribution is -2.99. The molecule has 2 aromatic rings. The molecule has 140 valence electrons. The fraction of sp³-hybridized carbons (Fsp3) is 0.316. The van der Waals surface area contributed by atoms with Gasteiger partial charge in [-0.1, -0.05) is 24.3 Å². The molecule has 3 N–H and O–H groups in total. The number of anilines is 1. The molecule has 2 amide bonds. The normalized spacial score (nSPS) is 29.9. The molecule has 4 rings (SSSR count). The summed E-state index contributed by atoms with van der Waals surface area (Å²) in [5, 5.41) is 13.6. The summed E-state index contributed by atoms with van der Waals surface area (Å²) in [4.78, 5) is 41.2. The lowest BCUT2D eigenvalue weighted by molar-refractivity contribution is -0.735. The van der Waals surface area contributed by atoms with Crippen LogP contribution in [-0.2, 0) is 19.1 Å². The molecule has 2 aliphatic heterocycles. The molecule has 27 heavy (non-hydrogen) atoms. The number of carbonyl (C=O) groups excluding carboxylic acids is 3. The van der Waals surface area contributed by atoms with Gasteiger partial charge in [0.2, 0.25) is 17.4 Å². The zero-order chi connectivity index (χ0) is 19.2. The van der Waals surface area contributed by atoms with Crippen LogP contribution in [0.1, 0.15) is 10.9 Å². The number of esters is 1. The maximum absolute atomic E-state index is 13.3. The summed E-state index contributed by atoms with van der Waals surface area (Å²) >= 11 is 1.45. The number of carbonyl (C=O) groups is 3. The maximum Gasteiger partial charge on any atom is 0.371 e. The number of nitrogens with two attached hydrogens (primary N) is 1. The number of rotatable bonds is 4. The van der Waals surface area contributed by atoms with E-state index in [-0.39, 0.29) is 5.91 Å². The van der Waals surface area contributed by atoms with Crippen LogP contribution >= 0.6 is 11.3 Å². The van der Waals surface area contributed by atoms with Crippen molar-refractivity contribution in [1.29, 1.82) is 0 Å². The van der Waals surface area contributed by atoms with E-state index in [2.05, 4.69) is 0 Å². The van der Waals surface area contributed by atoms with Gasteiger partial charge in [-0.25, -0.2) is 9.69 Å². The molecule has 0 spiro atoms. The van der Waals surface area contributed by atoms with Crippen LogP contribution in [0.2, 0.25) is 0 Å². The molecule has 0 unspecified atom stereocenters. The fourth-order valence-corrected chi connectivity index (χ4v) is 5.14. The maximum atomic E-state index is 13.3. The SMILES string of the molecule is COC(=O)[C@@]1(CO)[NH2+][C@@H](c2cccs2)[C@H]2C(=O)N(c3ccccc3)C(=O)[C@@H]21. The Bertz CT molecular complexity index is 885. The number of nitrogens with zero attached hydrogens (tertiary/aromatic N) is 1. The first-order valence-electron chi connectivity index (χ1n) is 8.56. The molecule has 2 aliphatic rings. The quantitative estimate of drug-likeness (QED) is 0.572. The van der Waals surface area contributed by atoms with Crippen molar-refractivity contribution in [2.75, 3.05) is 18.6 Å². The smallest absolute Gasteiger partial charge is 0.371 e. The molecule has 8 heteroatoms. The second kappa shape index (κ2) is 6.56. The van der Waals surface area contributed by atoms with Gasteiger partial charge >= 0.3 is 5.97 Å². The first-order chi connectivity index (χ1) is 13.0. The Labute approximate surface area is 159 Å². The molecule has 0 radical (unpaired) electrons. The number of aliphatic hydroxyl groups excluding tert-OH is 1. The van der Waals surface area contributed by atoms with Crippen molar-refractivity contribution < 1.29 is 29.5 Å². The van der Waals surface area contributed by atoms with E-state index in [1.54, 1.807) is 35.6 Å². The number of ether oxygens (including phenoxy) is 1. The van der Waals surface area contributed by atoms with E-state index in [0.717, 1.165) is 9.78 Å². The third kappa shape index (κ3) is 2.44. The van der Waals surface area contributed by atoms with Gasteiger partial charge in [0, 0.05) is 0 Å². The highest BCUT2D eigenvalue weighted by molar-refractivity contribution is 7.10. The molecule has 0 saturated carbocycles. The number of aliphatic hydroxyl groups is 1. The number of quaternary nitrogens is 1. The highest BCUT2D eigenvalue weighted by atomic mass is 32.1. The minimum absolute atomic E-state index is 0.356. The van der Waals surface area contributed by atoms with Crippen LogP contribution in [0.15, 0.2) is 47.8 Å². The van der Waals surface area contributed by atoms with Crippen molar-refractivity contribution >= 4 is 34.8 Å². The monoisotopic (exact) mass is 387 g/mol. The Kier molecular flexibility index (Phi) is 4.33. The molecule has 2 fully saturated rings. The summed E-state index contributed by atoms with van der Waals surface area (Å²) in [6, 6.07) is 11.9. The van der Waals surface area contributed by atoms with Crippen LogP contribution in [0.3, 0.4) is 0 Å². The molecule has 1 aromatic heterocycles. The van der Waals surface area contributed by atoms with Crippen LogP contribution in [0.5, 0.6) is 0 Å². The average molecular weight is 387 g/mol. The first kappa shape index (κ1) is 17.8. The Morgan fingerprint density at radius 3 is 2.56 bits per heavy atom. The number of benzene rings is 1. The van der Waals surface area contributed by atoms with Crippen molar-refractivity contribution in [3.63, 3.8) is 0 Å². The summed E-state index contributed by atoms with van der Waals surface area (Å²) in [6.45, 7) is -0.593. The number of amides is 2. The van der Waals surface area contributed by atoms with Gasteiger partial charge in [0.05, 0.1) is 17.7 Å². The van der Waals surface area contributed by atoms with Crippen LogP contribution in [-0.4, -0.2) is 42.1 Å². The highest BCUT2D eigenvalue weighted by Crippen LogP contribution is 2.46. The van der Waals surface area contributed by atoms with Gasteiger partial charge in [-0.05, 0) is 23.6 Å². The van der Waals surface area contributed by atoms with E-state index < -0.39 is 41.9 Å². The topological polar surface area (TPSA) is 101 Å². The van der Waals surface area contributed by atoms with Crippen LogP contribution in [0.4, 0.5) is 5.69 Å². The summed E-state index contributed by atoms with van der Waals surface area (Å²) < 4.78 is 4.92. The summed E-state index contributed by atoms with van der Waals surface area (Å²) in [6.07, 6.45) is 0. The Morgan fingerprint density at radius 1 is 1.22 bits per heavy atom. The fourth-order valence-electron chi connectivity index (χ4n) is 4.29. The van der Waals surface area contributed by atoms with Crippen LogP contribution < -0.4 is 10.2 Å². The average Bonchev–Trinajstić information content (AvgIpc) is 3.39. The van der Waals surface area contributed by atoms with E-state index in [0.29, 0.717) is 5.69 Å². The number of para-hydroxylation sites is 1. The molecule has 0 bridgehead atoms. The molecule has 4 atom stereocenters. The van der Waals surface area contributed by atoms with E-state index in [1.165, 1.54) is 18.4 Å². The van der Waals surface area contributed by atoms with Crippen molar-refractivity contribution in [3.8, 4) is 0 Å². The van der Waals surface area contributed by atoms with Crippen molar-refractivity contribution in [3.05, 3.63) is 52.7 Å². The minimum Gasteiger partial charge on any atom is -0.464 e. The van der Waals surface area contributed by atoms with Crippen molar-refractivity contribution in [2.45, 2.75) is 11.6 Å². The highest BCUT2D eigenvalue weighted by Gasteiger charge is 2.72. The largest absolute Gasteiger partial charge is 0.464 e. The van der Waals surface area contributed by atoms with E-state index in [9.17, 15) is 19.5 Å². The number of fused-ring (bicyclic) bond motifs is 1. The molecule has 7 nitrogen and oxygen atoms in total. The van der Waals surface area contributed by atoms with Crippen molar-refractivity contribution in [2.24, 2.45) is 11.8 Å². The summed E-state index contributed by atoms with van der Waals surface area (Å²) in [7, 11) is 1.22.